The molecule has 0 nitrogen and oxygen atoms in total. The predicted molar refractivity (Wildman–Crippen MR) is 11.5 cm³/mol. The molecule has 0 heterocycles. The molecule has 0 aromatic rings. The standard InChI is InChI=1S/Cu.2Se.Zn/q+2;2*-2;+2. The van der Waals surface area contributed by atoms with Gasteiger partial charge in [-0.3, -0.25) is 0 Å². The first-order valence-electron chi connectivity index (χ1n) is 0. The molecule has 0 aromatic heterocycles. The van der Waals surface area contributed by atoms with E-state index in [1.54, 1.807) is 0 Å². The van der Waals surface area contributed by atoms with E-state index in [9.17, 15) is 0 Å². The zero-order valence-corrected chi connectivity index (χ0v) is 9.16. The maximum atomic E-state index is 0. The molecule has 0 saturated heterocycles. The monoisotopic (exact) mass is 287 g/mol. The Balaban J connectivity index is 0. The normalized spacial score (nSPS) is 0. The van der Waals surface area contributed by atoms with Crippen LogP contribution in [0.5, 0.6) is 0 Å². The van der Waals surface area contributed by atoms with Crippen LogP contribution in [0, 0.1) is 0 Å². The molecular weight excluding hydrogens is 287 g/mol. The largest absolute Gasteiger partial charge is 2.00 e. The summed E-state index contributed by atoms with van der Waals surface area (Å²) >= 11 is 0. The smallest absolute Gasteiger partial charge is 2.00 e. The van der Waals surface area contributed by atoms with E-state index >= 15 is 0 Å². The van der Waals surface area contributed by atoms with Gasteiger partial charge in [-0.05, 0) is 0 Å². The summed E-state index contributed by atoms with van der Waals surface area (Å²) in [5.41, 5.74) is 0. The Hall–Kier alpha value is 2.18. The summed E-state index contributed by atoms with van der Waals surface area (Å²) in [6, 6.07) is 0. The fraction of sp³-hybridized carbons (Fsp3) is 0. The zero-order chi connectivity index (χ0) is 0. The summed E-state index contributed by atoms with van der Waals surface area (Å²) in [6.45, 7) is 0. The Kier molecular flexibility index (Phi) is 166. The van der Waals surface area contributed by atoms with Crippen molar-refractivity contribution in [2.75, 3.05) is 0 Å². The summed E-state index contributed by atoms with van der Waals surface area (Å²) in [7, 11) is 0. The molecule has 0 spiro atoms. The van der Waals surface area contributed by atoms with Crippen molar-refractivity contribution in [3.63, 3.8) is 0 Å². The maximum Gasteiger partial charge on any atom is 2.00 e. The molecule has 1 radical (unpaired) electrons. The van der Waals surface area contributed by atoms with Crippen molar-refractivity contribution in [3.8, 4) is 0 Å². The van der Waals surface area contributed by atoms with Crippen molar-refractivity contribution < 1.29 is 36.5 Å². The summed E-state index contributed by atoms with van der Waals surface area (Å²) in [4.78, 5) is 0. The van der Waals surface area contributed by atoms with Gasteiger partial charge in [-0.15, -0.1) is 0 Å². The van der Waals surface area contributed by atoms with Crippen molar-refractivity contribution in [2.24, 2.45) is 0 Å². The molecule has 0 rings (SSSR count). The van der Waals surface area contributed by atoms with Gasteiger partial charge in [0, 0.05) is 0 Å². The quantitative estimate of drug-likeness (QED) is 0.513. The molecule has 0 bridgehead atoms. The molecule has 4 heavy (non-hydrogen) atoms. The Morgan fingerprint density at radius 1 is 0.750 bits per heavy atom. The van der Waals surface area contributed by atoms with E-state index in [-0.39, 0.29) is 70.7 Å². The van der Waals surface area contributed by atoms with Crippen molar-refractivity contribution in [2.45, 2.75) is 0 Å². The van der Waals surface area contributed by atoms with Crippen molar-refractivity contribution in [3.05, 3.63) is 0 Å². The first-order chi connectivity index (χ1) is 0. The Morgan fingerprint density at radius 2 is 0.750 bits per heavy atom. The van der Waals surface area contributed by atoms with Gasteiger partial charge in [-0.2, -0.15) is 0 Å². The fourth-order valence-corrected chi connectivity index (χ4v) is 0. The maximum absolute atomic E-state index is 0. The second-order valence-corrected chi connectivity index (χ2v) is 0. The summed E-state index contributed by atoms with van der Waals surface area (Å²) in [5, 5.41) is 0. The minimum absolute atomic E-state index is 0. The topological polar surface area (TPSA) is 0 Å². The van der Waals surface area contributed by atoms with Crippen LogP contribution >= 0.6 is 0 Å². The van der Waals surface area contributed by atoms with Gasteiger partial charge < -0.3 is 34.1 Å². The van der Waals surface area contributed by atoms with Crippen LogP contribution in [0.15, 0.2) is 0 Å². The van der Waals surface area contributed by atoms with Gasteiger partial charge in [0.1, 0.15) is 0 Å². The van der Waals surface area contributed by atoms with Gasteiger partial charge in [0.15, 0.2) is 0 Å². The molecule has 0 aliphatic heterocycles. The number of hydrogen-bond acceptors (Lipinski definition) is 0. The third-order valence-corrected chi connectivity index (χ3v) is 0. The Labute approximate surface area is 70.0 Å². The average molecular weight is 287 g/mol. The van der Waals surface area contributed by atoms with Crippen LogP contribution in [-0.4, -0.2) is 34.1 Å². The van der Waals surface area contributed by atoms with Crippen LogP contribution in [0.4, 0.5) is 0 Å². The predicted octanol–water partition coefficient (Wildman–Crippen LogP) is -0.767. The van der Waals surface area contributed by atoms with Crippen LogP contribution in [-0.2, 0) is 36.5 Å². The zero-order valence-electron chi connectivity index (χ0n) is 1.83. The molecule has 0 amide bonds. The molecule has 0 aromatic carbocycles. The molecule has 0 fully saturated rings. The van der Waals surface area contributed by atoms with Gasteiger partial charge in [-0.25, -0.2) is 0 Å². The molecule has 25 valence electrons. The van der Waals surface area contributed by atoms with Gasteiger partial charge >= 0.3 is 36.5 Å². The van der Waals surface area contributed by atoms with Gasteiger partial charge in [0.2, 0.25) is 0 Å². The van der Waals surface area contributed by atoms with Crippen LogP contribution in [0.25, 0.3) is 0 Å². The third-order valence-electron chi connectivity index (χ3n) is 0. The van der Waals surface area contributed by atoms with E-state index in [1.807, 2.05) is 0 Å². The molecule has 0 aliphatic rings. The van der Waals surface area contributed by atoms with Gasteiger partial charge in [0.25, 0.3) is 0 Å². The van der Waals surface area contributed by atoms with E-state index in [0.29, 0.717) is 0 Å². The number of hydrogen-bond donors (Lipinski definition) is 0. The fourth-order valence-electron chi connectivity index (χ4n) is 0. The molecule has 0 unspecified atom stereocenters. The van der Waals surface area contributed by atoms with Crippen molar-refractivity contribution in [1.82, 2.24) is 0 Å². The van der Waals surface area contributed by atoms with Crippen molar-refractivity contribution in [1.29, 1.82) is 0 Å². The molecule has 0 aliphatic carbocycles. The first-order valence-corrected chi connectivity index (χ1v) is 0. The van der Waals surface area contributed by atoms with E-state index in [0.717, 1.165) is 0 Å². The third kappa shape index (κ3) is 8.89. The number of rotatable bonds is 0. The van der Waals surface area contributed by atoms with Gasteiger partial charge in [0.05, 0.1) is 0 Å². The SMILES string of the molecule is [Cu+2].[Se-2].[Se-2].[Zn+2]. The van der Waals surface area contributed by atoms with Crippen LogP contribution < -0.4 is 0 Å². The Morgan fingerprint density at radius 3 is 0.750 bits per heavy atom. The summed E-state index contributed by atoms with van der Waals surface area (Å²) in [6.07, 6.45) is 0. The minimum atomic E-state index is 0. The molecule has 0 N–H and O–H groups in total. The van der Waals surface area contributed by atoms with E-state index in [2.05, 4.69) is 0 Å². The average Bonchev–Trinajstić information content (AvgIpc) is 0. The van der Waals surface area contributed by atoms with E-state index in [4.69, 9.17) is 0 Å². The van der Waals surface area contributed by atoms with E-state index in [1.165, 1.54) is 0 Å². The molecule has 4 heteroatoms. The van der Waals surface area contributed by atoms with Crippen LogP contribution in [0.2, 0.25) is 0 Å². The van der Waals surface area contributed by atoms with E-state index < -0.39 is 0 Å². The van der Waals surface area contributed by atoms with Gasteiger partial charge in [-0.1, -0.05) is 0 Å². The summed E-state index contributed by atoms with van der Waals surface area (Å²) in [5.74, 6) is 0. The second kappa shape index (κ2) is 19.0. The van der Waals surface area contributed by atoms with Crippen LogP contribution in [0.1, 0.15) is 0 Å². The second-order valence-electron chi connectivity index (χ2n) is 0. The molecular formula is CuSe2Zn. The minimum Gasteiger partial charge on any atom is -2.00 e. The first kappa shape index (κ1) is 34.9. The molecule has 0 saturated carbocycles. The van der Waals surface area contributed by atoms with Crippen LogP contribution in [0.3, 0.4) is 0 Å². The molecule has 0 atom stereocenters. The Bertz CT molecular complexity index is 6.00. The van der Waals surface area contributed by atoms with Crippen molar-refractivity contribution >= 4 is 34.1 Å². The summed E-state index contributed by atoms with van der Waals surface area (Å²) < 4.78 is 0.